The summed E-state index contributed by atoms with van der Waals surface area (Å²) < 4.78 is 5.57. The number of hydrogen-bond donors (Lipinski definition) is 1. The van der Waals surface area contributed by atoms with Crippen LogP contribution in [0.1, 0.15) is 26.7 Å². The van der Waals surface area contributed by atoms with Gasteiger partial charge in [0.25, 0.3) is 0 Å². The monoisotopic (exact) mass is 180 g/mol. The van der Waals surface area contributed by atoms with Crippen LogP contribution in [-0.2, 0) is 4.65 Å². The number of hydrogen-bond acceptors (Lipinski definition) is 2. The highest BCUT2D eigenvalue weighted by Gasteiger charge is 2.53. The van der Waals surface area contributed by atoms with Crippen LogP contribution in [0.2, 0.25) is 6.32 Å². The van der Waals surface area contributed by atoms with Crippen molar-refractivity contribution in [3.8, 4) is 0 Å². The molecule has 3 atom stereocenters. The summed E-state index contributed by atoms with van der Waals surface area (Å²) in [5.74, 6) is 1.04. The molecular weight excluding hydrogens is 163 g/mol. The number of rotatable bonds is 1. The summed E-state index contributed by atoms with van der Waals surface area (Å²) in [5, 5.41) is 9.45. The summed E-state index contributed by atoms with van der Waals surface area (Å²) in [6.07, 6.45) is 3.02. The van der Waals surface area contributed by atoms with Gasteiger partial charge in [-0.3, -0.25) is 0 Å². The van der Waals surface area contributed by atoms with Crippen molar-refractivity contribution in [2.45, 2.75) is 38.6 Å². The van der Waals surface area contributed by atoms with Crippen LogP contribution in [-0.4, -0.2) is 17.7 Å². The number of allylic oxidation sites excluding steroid dienone is 1. The standard InChI is InChI=1S/C10H17BO2/c1-7(2)8-4-5-10(3)9(8)6-11(12)13-10/h8-9,12H,1,4-6H2,2-3H3/t8-,9-,10+/m0/s1. The fourth-order valence-electron chi connectivity index (χ4n) is 2.98. The van der Waals surface area contributed by atoms with Crippen LogP contribution in [0.15, 0.2) is 12.2 Å². The zero-order chi connectivity index (χ0) is 9.64. The largest absolute Gasteiger partial charge is 0.454 e. The lowest BCUT2D eigenvalue weighted by Crippen LogP contribution is -2.29. The van der Waals surface area contributed by atoms with E-state index in [0.29, 0.717) is 11.8 Å². The molecule has 13 heavy (non-hydrogen) atoms. The predicted molar refractivity (Wildman–Crippen MR) is 53.3 cm³/mol. The van der Waals surface area contributed by atoms with Crippen molar-refractivity contribution in [2.24, 2.45) is 11.8 Å². The molecule has 0 amide bonds. The Kier molecular flexibility index (Phi) is 2.04. The van der Waals surface area contributed by atoms with Gasteiger partial charge in [-0.05, 0) is 44.8 Å². The molecule has 3 heteroatoms. The van der Waals surface area contributed by atoms with Crippen LogP contribution in [0.3, 0.4) is 0 Å². The maximum atomic E-state index is 9.45. The van der Waals surface area contributed by atoms with Crippen LogP contribution in [0, 0.1) is 11.8 Å². The zero-order valence-electron chi connectivity index (χ0n) is 8.42. The van der Waals surface area contributed by atoms with E-state index < -0.39 is 7.12 Å². The van der Waals surface area contributed by atoms with Crippen molar-refractivity contribution >= 4 is 7.12 Å². The normalized spacial score (nSPS) is 43.8. The van der Waals surface area contributed by atoms with Gasteiger partial charge >= 0.3 is 7.12 Å². The summed E-state index contributed by atoms with van der Waals surface area (Å²) in [6.45, 7) is 8.22. The molecule has 2 nitrogen and oxygen atoms in total. The second kappa shape index (κ2) is 2.86. The van der Waals surface area contributed by atoms with Gasteiger partial charge < -0.3 is 9.68 Å². The van der Waals surface area contributed by atoms with E-state index in [1.165, 1.54) is 12.0 Å². The molecule has 2 fully saturated rings. The molecule has 0 unspecified atom stereocenters. The van der Waals surface area contributed by atoms with Gasteiger partial charge in [-0.15, -0.1) is 0 Å². The summed E-state index contributed by atoms with van der Waals surface area (Å²) in [4.78, 5) is 0. The van der Waals surface area contributed by atoms with Crippen molar-refractivity contribution in [2.75, 3.05) is 0 Å². The molecule has 1 heterocycles. The highest BCUT2D eigenvalue weighted by Crippen LogP contribution is 2.51. The summed E-state index contributed by atoms with van der Waals surface area (Å²) in [5.41, 5.74) is 1.16. The molecule has 1 saturated heterocycles. The molecule has 0 aromatic carbocycles. The van der Waals surface area contributed by atoms with E-state index in [2.05, 4.69) is 20.4 Å². The van der Waals surface area contributed by atoms with Gasteiger partial charge in [-0.1, -0.05) is 12.2 Å². The summed E-state index contributed by atoms with van der Waals surface area (Å²) in [7, 11) is -0.544. The first kappa shape index (κ1) is 9.29. The molecule has 0 aromatic rings. The molecule has 1 N–H and O–H groups in total. The third-order valence-electron chi connectivity index (χ3n) is 3.72. The zero-order valence-corrected chi connectivity index (χ0v) is 8.42. The smallest absolute Gasteiger partial charge is 0.427 e. The van der Waals surface area contributed by atoms with Crippen molar-refractivity contribution < 1.29 is 9.68 Å². The molecule has 0 radical (unpaired) electrons. The van der Waals surface area contributed by atoms with Crippen molar-refractivity contribution in [3.63, 3.8) is 0 Å². The predicted octanol–water partition coefficient (Wildman–Crippen LogP) is 1.86. The van der Waals surface area contributed by atoms with Crippen LogP contribution in [0.5, 0.6) is 0 Å². The molecule has 1 saturated carbocycles. The average Bonchev–Trinajstić information content (AvgIpc) is 2.40. The van der Waals surface area contributed by atoms with Gasteiger partial charge in [-0.2, -0.15) is 0 Å². The molecule has 2 aliphatic rings. The average molecular weight is 180 g/mol. The Labute approximate surface area is 80.1 Å². The van der Waals surface area contributed by atoms with Gasteiger partial charge in [0.2, 0.25) is 0 Å². The Balaban J connectivity index is 2.19. The Morgan fingerprint density at radius 1 is 1.69 bits per heavy atom. The van der Waals surface area contributed by atoms with E-state index in [1.807, 2.05) is 0 Å². The first-order valence-electron chi connectivity index (χ1n) is 5.04. The molecule has 0 spiro atoms. The summed E-state index contributed by atoms with van der Waals surface area (Å²) >= 11 is 0. The van der Waals surface area contributed by atoms with E-state index in [1.54, 1.807) is 0 Å². The van der Waals surface area contributed by atoms with E-state index in [0.717, 1.165) is 12.7 Å². The minimum absolute atomic E-state index is 0.0803. The molecule has 0 aromatic heterocycles. The van der Waals surface area contributed by atoms with Gasteiger partial charge in [0, 0.05) is 0 Å². The third-order valence-corrected chi connectivity index (χ3v) is 3.72. The van der Waals surface area contributed by atoms with E-state index >= 15 is 0 Å². The second-order valence-corrected chi connectivity index (χ2v) is 4.72. The van der Waals surface area contributed by atoms with Gasteiger partial charge in [0.05, 0.1) is 5.60 Å². The first-order chi connectivity index (χ1) is 6.03. The van der Waals surface area contributed by atoms with Crippen molar-refractivity contribution in [3.05, 3.63) is 12.2 Å². The van der Waals surface area contributed by atoms with E-state index in [-0.39, 0.29) is 5.60 Å². The van der Waals surface area contributed by atoms with Crippen molar-refractivity contribution in [1.29, 1.82) is 0 Å². The van der Waals surface area contributed by atoms with E-state index in [4.69, 9.17) is 4.65 Å². The maximum absolute atomic E-state index is 9.45. The van der Waals surface area contributed by atoms with Crippen LogP contribution in [0.25, 0.3) is 0 Å². The quantitative estimate of drug-likeness (QED) is 0.492. The molecule has 1 aliphatic carbocycles. The summed E-state index contributed by atoms with van der Waals surface area (Å²) in [6, 6.07) is 0. The maximum Gasteiger partial charge on any atom is 0.454 e. The highest BCUT2D eigenvalue weighted by atomic mass is 16.5. The SMILES string of the molecule is C=C(C)[C@@H]1CC[C@@]2(C)OB(O)C[C@@H]12. The first-order valence-corrected chi connectivity index (χ1v) is 5.04. The fourth-order valence-corrected chi connectivity index (χ4v) is 2.98. The Hall–Kier alpha value is -0.275. The molecule has 2 rings (SSSR count). The van der Waals surface area contributed by atoms with Crippen LogP contribution >= 0.6 is 0 Å². The molecular formula is C10H17BO2. The Morgan fingerprint density at radius 3 is 3.00 bits per heavy atom. The lowest BCUT2D eigenvalue weighted by Gasteiger charge is -2.26. The molecule has 72 valence electrons. The van der Waals surface area contributed by atoms with Crippen LogP contribution < -0.4 is 0 Å². The van der Waals surface area contributed by atoms with Crippen LogP contribution in [0.4, 0.5) is 0 Å². The minimum Gasteiger partial charge on any atom is -0.427 e. The molecule has 1 aliphatic heterocycles. The van der Waals surface area contributed by atoms with Gasteiger partial charge in [0.15, 0.2) is 0 Å². The highest BCUT2D eigenvalue weighted by molar-refractivity contribution is 6.43. The van der Waals surface area contributed by atoms with Crippen molar-refractivity contribution in [1.82, 2.24) is 0 Å². The minimum atomic E-state index is -0.544. The van der Waals surface area contributed by atoms with Gasteiger partial charge in [-0.25, -0.2) is 0 Å². The topological polar surface area (TPSA) is 29.5 Å². The number of fused-ring (bicyclic) bond motifs is 1. The second-order valence-electron chi connectivity index (χ2n) is 4.72. The lowest BCUT2D eigenvalue weighted by molar-refractivity contribution is 0.0681. The van der Waals surface area contributed by atoms with Gasteiger partial charge in [0.1, 0.15) is 0 Å². The Morgan fingerprint density at radius 2 is 2.38 bits per heavy atom. The molecule has 0 bridgehead atoms. The van der Waals surface area contributed by atoms with E-state index in [9.17, 15) is 5.02 Å². The lowest BCUT2D eigenvalue weighted by atomic mass is 9.74. The fraction of sp³-hybridized carbons (Fsp3) is 0.800. The Bertz CT molecular complexity index is 241. The third kappa shape index (κ3) is 1.34.